The van der Waals surface area contributed by atoms with Crippen molar-refractivity contribution in [2.24, 2.45) is 0 Å². The molecular weight excluding hydrogens is 340 g/mol. The fourth-order valence-corrected chi connectivity index (χ4v) is 3.00. The molecule has 2 rings (SSSR count). The van der Waals surface area contributed by atoms with E-state index in [9.17, 15) is 13.8 Å². The number of hydrogen-bond acceptors (Lipinski definition) is 5. The zero-order valence-electron chi connectivity index (χ0n) is 13.5. The Morgan fingerprint density at radius 1 is 1.20 bits per heavy atom. The lowest BCUT2D eigenvalue weighted by Crippen LogP contribution is -2.21. The van der Waals surface area contributed by atoms with Crippen molar-refractivity contribution in [2.45, 2.75) is 11.8 Å². The molecular formula is C18H16N2O4S. The lowest BCUT2D eigenvalue weighted by atomic mass is 10.2. The Bertz CT molecular complexity index is 858. The largest absolute Gasteiger partial charge is 0.452 e. The van der Waals surface area contributed by atoms with Crippen LogP contribution in [-0.4, -0.2) is 28.4 Å². The minimum Gasteiger partial charge on any atom is -0.452 e. The second-order valence-corrected chi connectivity index (χ2v) is 6.66. The Morgan fingerprint density at radius 3 is 2.68 bits per heavy atom. The maximum Gasteiger partial charge on any atom is 0.339 e. The van der Waals surface area contributed by atoms with Gasteiger partial charge in [0, 0.05) is 11.4 Å². The highest BCUT2D eigenvalue weighted by molar-refractivity contribution is 7.85. The Kier molecular flexibility index (Phi) is 6.43. The highest BCUT2D eigenvalue weighted by atomic mass is 32.2. The van der Waals surface area contributed by atoms with Gasteiger partial charge in [0.2, 0.25) is 0 Å². The number of nitrogens with one attached hydrogen (secondary N) is 1. The first kappa shape index (κ1) is 18.4. The number of esters is 1. The van der Waals surface area contributed by atoms with Crippen LogP contribution in [0.2, 0.25) is 0 Å². The number of nitrogens with zero attached hydrogens (tertiary/aromatic N) is 1. The van der Waals surface area contributed by atoms with Crippen molar-refractivity contribution in [3.8, 4) is 6.07 Å². The zero-order chi connectivity index (χ0) is 18.2. The molecule has 0 aliphatic heterocycles. The first-order valence-corrected chi connectivity index (χ1v) is 8.81. The molecule has 1 atom stereocenters. The molecule has 0 aliphatic rings. The summed E-state index contributed by atoms with van der Waals surface area (Å²) in [6, 6.07) is 14.8. The standard InChI is InChI=1S/C18H16N2O4S/c1-2-25(23)16-9-4-3-8-15(16)18(22)24-12-17(21)20-14-7-5-6-13(10-14)11-19/h3-10H,2,12H2,1H3,(H,20,21)/t25-/m0/s1. The maximum atomic E-state index is 12.2. The molecule has 7 heteroatoms. The van der Waals surface area contributed by atoms with Gasteiger partial charge in [-0.05, 0) is 30.3 Å². The van der Waals surface area contributed by atoms with Gasteiger partial charge in [-0.1, -0.05) is 25.1 Å². The summed E-state index contributed by atoms with van der Waals surface area (Å²) in [4.78, 5) is 24.4. The summed E-state index contributed by atoms with van der Waals surface area (Å²) in [5.74, 6) is -0.865. The zero-order valence-corrected chi connectivity index (χ0v) is 14.3. The quantitative estimate of drug-likeness (QED) is 0.802. The molecule has 0 aliphatic carbocycles. The third kappa shape index (κ3) is 4.99. The number of carbonyl (C=O) groups excluding carboxylic acids is 2. The molecule has 0 bridgehead atoms. The average Bonchev–Trinajstić information content (AvgIpc) is 2.65. The van der Waals surface area contributed by atoms with E-state index in [4.69, 9.17) is 10.00 Å². The van der Waals surface area contributed by atoms with Gasteiger partial charge in [0.25, 0.3) is 5.91 Å². The van der Waals surface area contributed by atoms with E-state index >= 15 is 0 Å². The van der Waals surface area contributed by atoms with Crippen molar-refractivity contribution >= 4 is 28.4 Å². The summed E-state index contributed by atoms with van der Waals surface area (Å²) in [6.07, 6.45) is 0. The molecule has 1 amide bonds. The molecule has 0 saturated carbocycles. The summed E-state index contributed by atoms with van der Waals surface area (Å²) in [7, 11) is -1.30. The van der Waals surface area contributed by atoms with Crippen molar-refractivity contribution in [2.75, 3.05) is 17.7 Å². The molecule has 6 nitrogen and oxygen atoms in total. The van der Waals surface area contributed by atoms with E-state index in [1.54, 1.807) is 43.3 Å². The van der Waals surface area contributed by atoms with Crippen LogP contribution in [0.1, 0.15) is 22.8 Å². The van der Waals surface area contributed by atoms with Gasteiger partial charge >= 0.3 is 5.97 Å². The highest BCUT2D eigenvalue weighted by Gasteiger charge is 2.17. The van der Waals surface area contributed by atoms with Crippen molar-refractivity contribution < 1.29 is 18.5 Å². The van der Waals surface area contributed by atoms with Gasteiger partial charge in [-0.2, -0.15) is 5.26 Å². The number of amides is 1. The second kappa shape index (κ2) is 8.76. The van der Waals surface area contributed by atoms with Crippen LogP contribution >= 0.6 is 0 Å². The van der Waals surface area contributed by atoms with Gasteiger partial charge in [0.05, 0.1) is 32.9 Å². The Labute approximate surface area is 147 Å². The van der Waals surface area contributed by atoms with E-state index in [1.807, 2.05) is 6.07 Å². The first-order valence-electron chi connectivity index (χ1n) is 7.49. The third-order valence-electron chi connectivity index (χ3n) is 3.22. The molecule has 1 N–H and O–H groups in total. The van der Waals surface area contributed by atoms with E-state index in [1.165, 1.54) is 12.1 Å². The van der Waals surface area contributed by atoms with Crippen LogP contribution in [0.15, 0.2) is 53.4 Å². The molecule has 0 unspecified atom stereocenters. The summed E-state index contributed by atoms with van der Waals surface area (Å²) in [5.41, 5.74) is 1.03. The van der Waals surface area contributed by atoms with Gasteiger partial charge in [0.15, 0.2) is 6.61 Å². The van der Waals surface area contributed by atoms with Gasteiger partial charge in [-0.3, -0.25) is 9.00 Å². The van der Waals surface area contributed by atoms with Crippen LogP contribution in [0.3, 0.4) is 0 Å². The topological polar surface area (TPSA) is 96.3 Å². The van der Waals surface area contributed by atoms with Gasteiger partial charge < -0.3 is 10.1 Å². The minimum atomic E-state index is -1.30. The van der Waals surface area contributed by atoms with E-state index in [0.29, 0.717) is 21.9 Å². The van der Waals surface area contributed by atoms with Gasteiger partial charge in [-0.25, -0.2) is 4.79 Å². The van der Waals surface area contributed by atoms with Crippen LogP contribution in [0.25, 0.3) is 0 Å². The van der Waals surface area contributed by atoms with Crippen LogP contribution in [0.5, 0.6) is 0 Å². The predicted octanol–water partition coefficient (Wildman–Crippen LogP) is 2.48. The fourth-order valence-electron chi connectivity index (χ4n) is 2.06. The Balaban J connectivity index is 1.99. The third-order valence-corrected chi connectivity index (χ3v) is 4.60. The molecule has 0 aromatic heterocycles. The van der Waals surface area contributed by atoms with Crippen LogP contribution in [0, 0.1) is 11.3 Å². The van der Waals surface area contributed by atoms with Crippen LogP contribution in [0.4, 0.5) is 5.69 Å². The van der Waals surface area contributed by atoms with E-state index in [2.05, 4.69) is 5.32 Å². The lowest BCUT2D eigenvalue weighted by molar-refractivity contribution is -0.119. The van der Waals surface area contributed by atoms with Crippen molar-refractivity contribution in [1.29, 1.82) is 5.26 Å². The number of rotatable bonds is 6. The van der Waals surface area contributed by atoms with Gasteiger partial charge in [0.1, 0.15) is 0 Å². The molecule has 0 spiro atoms. The number of anilines is 1. The number of nitriles is 1. The van der Waals surface area contributed by atoms with Crippen molar-refractivity contribution in [1.82, 2.24) is 0 Å². The summed E-state index contributed by atoms with van der Waals surface area (Å²) in [6.45, 7) is 1.27. The van der Waals surface area contributed by atoms with Crippen molar-refractivity contribution in [3.63, 3.8) is 0 Å². The highest BCUT2D eigenvalue weighted by Crippen LogP contribution is 2.15. The Morgan fingerprint density at radius 2 is 1.96 bits per heavy atom. The molecule has 128 valence electrons. The average molecular weight is 356 g/mol. The second-order valence-electron chi connectivity index (χ2n) is 4.95. The van der Waals surface area contributed by atoms with E-state index in [-0.39, 0.29) is 5.56 Å². The molecule has 0 fully saturated rings. The normalized spacial score (nSPS) is 11.2. The lowest BCUT2D eigenvalue weighted by Gasteiger charge is -2.09. The maximum absolute atomic E-state index is 12.2. The molecule has 2 aromatic carbocycles. The number of ether oxygens (including phenoxy) is 1. The summed E-state index contributed by atoms with van der Waals surface area (Å²) >= 11 is 0. The monoisotopic (exact) mass is 356 g/mol. The van der Waals surface area contributed by atoms with E-state index < -0.39 is 29.3 Å². The van der Waals surface area contributed by atoms with E-state index in [0.717, 1.165) is 0 Å². The first-order chi connectivity index (χ1) is 12.0. The number of benzene rings is 2. The fraction of sp³-hybridized carbons (Fsp3) is 0.167. The molecule has 0 radical (unpaired) electrons. The minimum absolute atomic E-state index is 0.182. The molecule has 2 aromatic rings. The number of hydrogen-bond donors (Lipinski definition) is 1. The van der Waals surface area contributed by atoms with Crippen LogP contribution in [-0.2, 0) is 20.3 Å². The predicted molar refractivity (Wildman–Crippen MR) is 93.5 cm³/mol. The van der Waals surface area contributed by atoms with Gasteiger partial charge in [-0.15, -0.1) is 0 Å². The molecule has 0 heterocycles. The number of carbonyl (C=O) groups is 2. The smallest absolute Gasteiger partial charge is 0.339 e. The summed E-state index contributed by atoms with van der Waals surface area (Å²) in [5, 5.41) is 11.4. The Hall–Kier alpha value is -2.98. The summed E-state index contributed by atoms with van der Waals surface area (Å²) < 4.78 is 17.0. The molecule has 25 heavy (non-hydrogen) atoms. The van der Waals surface area contributed by atoms with Crippen LogP contribution < -0.4 is 5.32 Å². The molecule has 0 saturated heterocycles. The SMILES string of the molecule is CC[S@](=O)c1ccccc1C(=O)OCC(=O)Nc1cccc(C#N)c1. The van der Waals surface area contributed by atoms with Crippen molar-refractivity contribution in [3.05, 3.63) is 59.7 Å².